The molecule has 0 unspecified atom stereocenters. The third kappa shape index (κ3) is 2.62. The van der Waals surface area contributed by atoms with Crippen LogP contribution in [0.2, 0.25) is 0 Å². The number of aromatic nitrogens is 1. The van der Waals surface area contributed by atoms with Gasteiger partial charge in [-0.1, -0.05) is 67.9 Å². The van der Waals surface area contributed by atoms with E-state index in [1.807, 2.05) is 36.4 Å². The highest BCUT2D eigenvalue weighted by Crippen LogP contribution is 2.31. The molecule has 1 N–H and O–H groups in total. The van der Waals surface area contributed by atoms with Crippen molar-refractivity contribution >= 4 is 16.6 Å². The van der Waals surface area contributed by atoms with Crippen LogP contribution in [0.25, 0.3) is 22.0 Å². The van der Waals surface area contributed by atoms with E-state index < -0.39 is 0 Å². The Balaban J connectivity index is 2.13. The molecule has 3 aromatic rings. The molecule has 2 aromatic carbocycles. The summed E-state index contributed by atoms with van der Waals surface area (Å²) in [5.41, 5.74) is 2.90. The molecule has 0 amide bonds. The average molecular weight is 277 g/mol. The monoisotopic (exact) mass is 277 g/mol. The van der Waals surface area contributed by atoms with Gasteiger partial charge in [-0.2, -0.15) is 0 Å². The molecule has 21 heavy (non-hydrogen) atoms. The molecule has 0 fully saturated rings. The number of H-pyrrole nitrogens is 1. The number of hydrogen-bond donors (Lipinski definition) is 1. The first-order chi connectivity index (χ1) is 10.3. The fourth-order valence-electron chi connectivity index (χ4n) is 2.69. The predicted molar refractivity (Wildman–Crippen MR) is 87.6 cm³/mol. The van der Waals surface area contributed by atoms with Gasteiger partial charge >= 0.3 is 0 Å². The fourth-order valence-corrected chi connectivity index (χ4v) is 2.69. The smallest absolute Gasteiger partial charge is 0.179 e. The fraction of sp³-hybridized carbons (Fsp3) is 0.211. The SMILES string of the molecule is CCCCC(=O)c1[nH]c(-c2ccccc2)c2ccccc12. The van der Waals surface area contributed by atoms with E-state index in [1.54, 1.807) is 0 Å². The molecule has 0 atom stereocenters. The van der Waals surface area contributed by atoms with Gasteiger partial charge in [0, 0.05) is 17.2 Å². The number of benzene rings is 2. The minimum absolute atomic E-state index is 0.204. The Bertz CT molecular complexity index is 756. The second-order valence-corrected chi connectivity index (χ2v) is 5.31. The predicted octanol–water partition coefficient (Wildman–Crippen LogP) is 5.21. The standard InChI is InChI=1S/C19H19NO/c1-2-3-13-17(21)19-16-12-8-7-11-15(16)18(20-19)14-9-5-4-6-10-14/h4-12,20H,2-3,13H2,1H3. The van der Waals surface area contributed by atoms with Crippen LogP contribution in [0.5, 0.6) is 0 Å². The van der Waals surface area contributed by atoms with Crippen LogP contribution in [0.3, 0.4) is 0 Å². The number of Topliss-reactive ketones (excluding diaryl/α,β-unsaturated/α-hetero) is 1. The van der Waals surface area contributed by atoms with E-state index in [9.17, 15) is 4.79 Å². The Hall–Kier alpha value is -2.35. The lowest BCUT2D eigenvalue weighted by atomic mass is 10.0. The van der Waals surface area contributed by atoms with E-state index in [2.05, 4.69) is 30.1 Å². The minimum Gasteiger partial charge on any atom is -0.351 e. The van der Waals surface area contributed by atoms with Crippen molar-refractivity contribution in [3.8, 4) is 11.3 Å². The summed E-state index contributed by atoms with van der Waals surface area (Å²) in [5, 5.41) is 2.14. The molecule has 0 aliphatic heterocycles. The van der Waals surface area contributed by atoms with Crippen LogP contribution in [0.4, 0.5) is 0 Å². The van der Waals surface area contributed by atoms with Gasteiger partial charge in [0.1, 0.15) is 0 Å². The molecule has 0 spiro atoms. The Morgan fingerprint density at radius 1 is 0.952 bits per heavy atom. The first-order valence-corrected chi connectivity index (χ1v) is 7.50. The maximum atomic E-state index is 12.4. The van der Waals surface area contributed by atoms with E-state index in [-0.39, 0.29) is 5.78 Å². The number of rotatable bonds is 5. The molecule has 106 valence electrons. The van der Waals surface area contributed by atoms with E-state index in [1.165, 1.54) is 0 Å². The van der Waals surface area contributed by atoms with Crippen molar-refractivity contribution in [3.63, 3.8) is 0 Å². The molecule has 2 nitrogen and oxygen atoms in total. The molecular formula is C19H19NO. The molecule has 0 radical (unpaired) electrons. The Morgan fingerprint density at radius 2 is 1.62 bits per heavy atom. The number of nitrogens with one attached hydrogen (secondary N) is 1. The zero-order valence-corrected chi connectivity index (χ0v) is 12.2. The Morgan fingerprint density at radius 3 is 2.33 bits per heavy atom. The maximum absolute atomic E-state index is 12.4. The summed E-state index contributed by atoms with van der Waals surface area (Å²) in [5.74, 6) is 0.204. The van der Waals surface area contributed by atoms with Crippen LogP contribution < -0.4 is 0 Å². The minimum atomic E-state index is 0.204. The molecule has 2 heteroatoms. The molecule has 0 aliphatic rings. The molecule has 0 saturated heterocycles. The molecule has 3 rings (SSSR count). The van der Waals surface area contributed by atoms with Crippen molar-refractivity contribution in [1.29, 1.82) is 0 Å². The zero-order chi connectivity index (χ0) is 14.7. The van der Waals surface area contributed by atoms with Crippen molar-refractivity contribution in [1.82, 2.24) is 4.98 Å². The highest BCUT2D eigenvalue weighted by molar-refractivity contribution is 6.11. The van der Waals surface area contributed by atoms with Crippen LogP contribution in [-0.2, 0) is 0 Å². The highest BCUT2D eigenvalue weighted by atomic mass is 16.1. The average Bonchev–Trinajstić information content (AvgIpc) is 2.93. The third-order valence-electron chi connectivity index (χ3n) is 3.81. The summed E-state index contributed by atoms with van der Waals surface area (Å²) in [6, 6.07) is 18.3. The van der Waals surface area contributed by atoms with Gasteiger partial charge in [-0.3, -0.25) is 4.79 Å². The quantitative estimate of drug-likeness (QED) is 0.638. The summed E-state index contributed by atoms with van der Waals surface area (Å²) in [7, 11) is 0. The van der Waals surface area contributed by atoms with Crippen LogP contribution in [0, 0.1) is 0 Å². The summed E-state index contributed by atoms with van der Waals surface area (Å²) < 4.78 is 0. The van der Waals surface area contributed by atoms with Gasteiger partial charge < -0.3 is 4.98 Å². The van der Waals surface area contributed by atoms with Gasteiger partial charge in [0.2, 0.25) is 0 Å². The molecule has 0 aliphatic carbocycles. The topological polar surface area (TPSA) is 32.9 Å². The molecular weight excluding hydrogens is 258 g/mol. The van der Waals surface area contributed by atoms with Crippen LogP contribution in [0.15, 0.2) is 54.6 Å². The van der Waals surface area contributed by atoms with Crippen molar-refractivity contribution < 1.29 is 4.79 Å². The molecule has 0 saturated carbocycles. The maximum Gasteiger partial charge on any atom is 0.179 e. The van der Waals surface area contributed by atoms with E-state index >= 15 is 0 Å². The molecule has 1 aromatic heterocycles. The van der Waals surface area contributed by atoms with Gasteiger partial charge in [-0.15, -0.1) is 0 Å². The van der Waals surface area contributed by atoms with E-state index in [0.717, 1.165) is 40.6 Å². The third-order valence-corrected chi connectivity index (χ3v) is 3.81. The summed E-state index contributed by atoms with van der Waals surface area (Å²) in [6.07, 6.45) is 2.58. The van der Waals surface area contributed by atoms with Gasteiger partial charge in [0.25, 0.3) is 0 Å². The summed E-state index contributed by atoms with van der Waals surface area (Å²) in [6.45, 7) is 2.11. The first kappa shape index (κ1) is 13.6. The van der Waals surface area contributed by atoms with Gasteiger partial charge in [0.15, 0.2) is 5.78 Å². The first-order valence-electron chi connectivity index (χ1n) is 7.50. The van der Waals surface area contributed by atoms with Crippen molar-refractivity contribution in [2.75, 3.05) is 0 Å². The lowest BCUT2D eigenvalue weighted by Gasteiger charge is -1.99. The largest absolute Gasteiger partial charge is 0.351 e. The Labute approximate surface area is 124 Å². The number of aromatic amines is 1. The lowest BCUT2D eigenvalue weighted by molar-refractivity contribution is 0.0977. The second-order valence-electron chi connectivity index (χ2n) is 5.31. The number of fused-ring (bicyclic) bond motifs is 1. The summed E-state index contributed by atoms with van der Waals surface area (Å²) >= 11 is 0. The highest BCUT2D eigenvalue weighted by Gasteiger charge is 2.16. The number of hydrogen-bond acceptors (Lipinski definition) is 1. The van der Waals surface area contributed by atoms with Crippen LogP contribution in [0.1, 0.15) is 36.7 Å². The number of carbonyl (C=O) groups excluding carboxylic acids is 1. The normalized spacial score (nSPS) is 10.9. The second kappa shape index (κ2) is 5.96. The van der Waals surface area contributed by atoms with Crippen LogP contribution >= 0.6 is 0 Å². The van der Waals surface area contributed by atoms with E-state index in [0.29, 0.717) is 6.42 Å². The molecule has 0 bridgehead atoms. The van der Waals surface area contributed by atoms with Crippen LogP contribution in [-0.4, -0.2) is 10.8 Å². The van der Waals surface area contributed by atoms with E-state index in [4.69, 9.17) is 0 Å². The van der Waals surface area contributed by atoms with Gasteiger partial charge in [-0.25, -0.2) is 0 Å². The van der Waals surface area contributed by atoms with Gasteiger partial charge in [-0.05, 0) is 12.0 Å². The van der Waals surface area contributed by atoms with Crippen molar-refractivity contribution in [3.05, 3.63) is 60.3 Å². The lowest BCUT2D eigenvalue weighted by Crippen LogP contribution is -1.99. The Kier molecular flexibility index (Phi) is 3.87. The number of ketones is 1. The zero-order valence-electron chi connectivity index (χ0n) is 12.2. The molecule has 1 heterocycles. The van der Waals surface area contributed by atoms with Gasteiger partial charge in [0.05, 0.1) is 11.4 Å². The summed E-state index contributed by atoms with van der Waals surface area (Å²) in [4.78, 5) is 15.8. The van der Waals surface area contributed by atoms with Crippen molar-refractivity contribution in [2.45, 2.75) is 26.2 Å². The number of carbonyl (C=O) groups is 1. The number of unbranched alkanes of at least 4 members (excludes halogenated alkanes) is 1. The van der Waals surface area contributed by atoms with Crippen molar-refractivity contribution in [2.24, 2.45) is 0 Å².